The number of carbonyl (C=O) groups is 2. The minimum Gasteiger partial charge on any atom is -0.462 e. The average molecular weight is 645 g/mol. The van der Waals surface area contributed by atoms with Crippen molar-refractivity contribution in [2.24, 2.45) is 0 Å². The molecular weight excluding hydrogens is 572 g/mol. The molecule has 0 bridgehead atoms. The molecule has 0 aliphatic heterocycles. The Morgan fingerprint density at radius 1 is 0.500 bits per heavy atom. The predicted molar refractivity (Wildman–Crippen MR) is 196 cm³/mol. The highest BCUT2D eigenvalue weighted by molar-refractivity contribution is 5.70. The Hall–Kier alpha value is -2.14. The summed E-state index contributed by atoms with van der Waals surface area (Å²) >= 11 is 0. The molecular formula is C41H72O5. The summed E-state index contributed by atoms with van der Waals surface area (Å²) in [5.74, 6) is -0.618. The first-order chi connectivity index (χ1) is 22.6. The van der Waals surface area contributed by atoms with Crippen LogP contribution in [0, 0.1) is 0 Å². The monoisotopic (exact) mass is 645 g/mol. The minimum atomic E-state index is -0.781. The van der Waals surface area contributed by atoms with Gasteiger partial charge in [-0.25, -0.2) is 0 Å². The van der Waals surface area contributed by atoms with E-state index in [9.17, 15) is 14.7 Å². The van der Waals surface area contributed by atoms with Gasteiger partial charge in [0.2, 0.25) is 0 Å². The van der Waals surface area contributed by atoms with Gasteiger partial charge in [0.25, 0.3) is 0 Å². The summed E-state index contributed by atoms with van der Waals surface area (Å²) in [5, 5.41) is 9.54. The smallest absolute Gasteiger partial charge is 0.306 e. The number of hydrogen-bond acceptors (Lipinski definition) is 5. The fraction of sp³-hybridized carbons (Fsp3) is 0.756. The average Bonchev–Trinajstić information content (AvgIpc) is 3.06. The van der Waals surface area contributed by atoms with Crippen LogP contribution in [0.15, 0.2) is 48.6 Å². The molecule has 0 saturated carbocycles. The van der Waals surface area contributed by atoms with Crippen LogP contribution >= 0.6 is 0 Å². The molecule has 46 heavy (non-hydrogen) atoms. The van der Waals surface area contributed by atoms with Gasteiger partial charge in [-0.15, -0.1) is 0 Å². The second kappa shape index (κ2) is 37.3. The summed E-state index contributed by atoms with van der Waals surface area (Å²) in [5.41, 5.74) is 0. The van der Waals surface area contributed by atoms with E-state index in [0.717, 1.165) is 64.2 Å². The van der Waals surface area contributed by atoms with Crippen LogP contribution in [0.5, 0.6) is 0 Å². The molecule has 0 heterocycles. The number of carbonyl (C=O) groups excluding carboxylic acids is 2. The van der Waals surface area contributed by atoms with Crippen molar-refractivity contribution in [2.75, 3.05) is 13.2 Å². The molecule has 0 fully saturated rings. The number of unbranched alkanes of at least 4 members (excludes halogenated alkanes) is 18. The molecule has 0 spiro atoms. The Kier molecular flexibility index (Phi) is 35.6. The Labute approximate surface area is 284 Å². The zero-order valence-corrected chi connectivity index (χ0v) is 30.1. The van der Waals surface area contributed by atoms with Gasteiger partial charge >= 0.3 is 11.9 Å². The van der Waals surface area contributed by atoms with Crippen molar-refractivity contribution in [1.82, 2.24) is 0 Å². The third-order valence-corrected chi connectivity index (χ3v) is 8.10. The highest BCUT2D eigenvalue weighted by Crippen LogP contribution is 2.12. The van der Waals surface area contributed by atoms with Gasteiger partial charge in [-0.05, 0) is 70.6 Å². The summed E-state index contributed by atoms with van der Waals surface area (Å²) in [6, 6.07) is 0. The van der Waals surface area contributed by atoms with Crippen molar-refractivity contribution in [2.45, 2.75) is 187 Å². The fourth-order valence-electron chi connectivity index (χ4n) is 5.13. The number of aliphatic hydroxyl groups is 1. The van der Waals surface area contributed by atoms with Crippen molar-refractivity contribution in [1.29, 1.82) is 0 Å². The molecule has 0 saturated heterocycles. The molecule has 0 rings (SSSR count). The van der Waals surface area contributed by atoms with Crippen molar-refractivity contribution in [3.63, 3.8) is 0 Å². The van der Waals surface area contributed by atoms with Gasteiger partial charge < -0.3 is 14.6 Å². The Bertz CT molecular complexity index is 782. The van der Waals surface area contributed by atoms with Crippen LogP contribution in [-0.4, -0.2) is 36.4 Å². The van der Waals surface area contributed by atoms with Gasteiger partial charge in [-0.2, -0.15) is 0 Å². The van der Waals surface area contributed by atoms with E-state index < -0.39 is 6.10 Å². The van der Waals surface area contributed by atoms with E-state index in [1.807, 2.05) is 0 Å². The lowest BCUT2D eigenvalue weighted by molar-refractivity contribution is -0.161. The summed E-state index contributed by atoms with van der Waals surface area (Å²) < 4.78 is 10.6. The Balaban J connectivity index is 3.60. The molecule has 0 radical (unpaired) electrons. The van der Waals surface area contributed by atoms with Crippen molar-refractivity contribution in [3.05, 3.63) is 48.6 Å². The van der Waals surface area contributed by atoms with Crippen molar-refractivity contribution >= 4 is 11.9 Å². The predicted octanol–water partition coefficient (Wildman–Crippen LogP) is 11.8. The van der Waals surface area contributed by atoms with Gasteiger partial charge in [-0.1, -0.05) is 146 Å². The fourth-order valence-corrected chi connectivity index (χ4v) is 5.13. The number of hydrogen-bond donors (Lipinski definition) is 1. The molecule has 0 aromatic carbocycles. The number of aliphatic hydroxyl groups excluding tert-OH is 1. The maximum absolute atomic E-state index is 12.2. The maximum atomic E-state index is 12.2. The molecule has 266 valence electrons. The molecule has 5 heteroatoms. The second-order valence-electron chi connectivity index (χ2n) is 12.6. The third-order valence-electron chi connectivity index (χ3n) is 8.10. The zero-order chi connectivity index (χ0) is 33.6. The highest BCUT2D eigenvalue weighted by atomic mass is 16.6. The Morgan fingerprint density at radius 2 is 0.891 bits per heavy atom. The molecule has 0 aliphatic rings. The van der Waals surface area contributed by atoms with Gasteiger partial charge in [0.1, 0.15) is 6.61 Å². The lowest BCUT2D eigenvalue weighted by atomic mass is 10.1. The summed E-state index contributed by atoms with van der Waals surface area (Å²) in [6.45, 7) is 4.05. The Morgan fingerprint density at radius 3 is 1.35 bits per heavy atom. The van der Waals surface area contributed by atoms with E-state index in [4.69, 9.17) is 9.47 Å². The summed E-state index contributed by atoms with van der Waals surface area (Å²) in [7, 11) is 0. The van der Waals surface area contributed by atoms with E-state index in [1.54, 1.807) is 0 Å². The van der Waals surface area contributed by atoms with Gasteiger partial charge in [0, 0.05) is 12.8 Å². The molecule has 5 nitrogen and oxygen atoms in total. The molecule has 0 amide bonds. The van der Waals surface area contributed by atoms with Gasteiger partial charge in [0.05, 0.1) is 6.61 Å². The third kappa shape index (κ3) is 34.7. The van der Waals surface area contributed by atoms with Crippen molar-refractivity contribution < 1.29 is 24.2 Å². The summed E-state index contributed by atoms with van der Waals surface area (Å²) in [4.78, 5) is 24.2. The van der Waals surface area contributed by atoms with Crippen LogP contribution < -0.4 is 0 Å². The molecule has 1 unspecified atom stereocenters. The second-order valence-corrected chi connectivity index (χ2v) is 12.6. The lowest BCUT2D eigenvalue weighted by Gasteiger charge is -2.15. The zero-order valence-electron chi connectivity index (χ0n) is 30.1. The van der Waals surface area contributed by atoms with Crippen molar-refractivity contribution in [3.8, 4) is 0 Å². The van der Waals surface area contributed by atoms with Crippen LogP contribution in [0.2, 0.25) is 0 Å². The van der Waals surface area contributed by atoms with E-state index in [-0.39, 0.29) is 25.2 Å². The standard InChI is InChI=1S/C41H72O5/c1-3-5-7-9-11-13-15-17-19-20-21-22-24-26-28-30-32-34-36-41(44)46-39(37-42)38-45-40(43)35-33-31-29-27-25-23-18-16-14-12-10-8-6-4-2/h10,12-13,15-16,18-20,39,42H,3-9,11,14,17,21-38H2,1-2H3/b12-10-,15-13-,18-16-,20-19-. The van der Waals surface area contributed by atoms with Crippen LogP contribution in [-0.2, 0) is 19.1 Å². The van der Waals surface area contributed by atoms with Crippen LogP contribution in [0.4, 0.5) is 0 Å². The normalized spacial score (nSPS) is 12.7. The quantitative estimate of drug-likeness (QED) is 0.0429. The van der Waals surface area contributed by atoms with E-state index in [1.165, 1.54) is 89.9 Å². The number of ether oxygens (including phenoxy) is 2. The van der Waals surface area contributed by atoms with E-state index in [2.05, 4.69) is 62.5 Å². The number of allylic oxidation sites excluding steroid dienone is 8. The largest absolute Gasteiger partial charge is 0.462 e. The topological polar surface area (TPSA) is 72.8 Å². The van der Waals surface area contributed by atoms with E-state index in [0.29, 0.717) is 12.8 Å². The number of esters is 2. The van der Waals surface area contributed by atoms with Crippen LogP contribution in [0.1, 0.15) is 181 Å². The SMILES string of the molecule is CCCC/C=C\C/C=C\CCCCCCCC(=O)OCC(CO)OC(=O)CCCCCCCCC/C=C\C/C=C\CCCCCC. The molecule has 1 atom stereocenters. The first-order valence-corrected chi connectivity index (χ1v) is 19.2. The summed E-state index contributed by atoms with van der Waals surface area (Å²) in [6.07, 6.45) is 45.9. The molecule has 0 aromatic heterocycles. The maximum Gasteiger partial charge on any atom is 0.306 e. The lowest BCUT2D eigenvalue weighted by Crippen LogP contribution is -2.28. The first-order valence-electron chi connectivity index (χ1n) is 19.2. The van der Waals surface area contributed by atoms with Gasteiger partial charge in [0.15, 0.2) is 6.10 Å². The van der Waals surface area contributed by atoms with Crippen LogP contribution in [0.3, 0.4) is 0 Å². The van der Waals surface area contributed by atoms with Crippen LogP contribution in [0.25, 0.3) is 0 Å². The molecule has 0 aliphatic carbocycles. The van der Waals surface area contributed by atoms with Gasteiger partial charge in [-0.3, -0.25) is 9.59 Å². The highest BCUT2D eigenvalue weighted by Gasteiger charge is 2.16. The molecule has 1 N–H and O–H groups in total. The first kappa shape index (κ1) is 43.9. The van der Waals surface area contributed by atoms with E-state index >= 15 is 0 Å². The minimum absolute atomic E-state index is 0.0772. The molecule has 0 aromatic rings. The number of rotatable bonds is 34.